The van der Waals surface area contributed by atoms with Crippen LogP contribution in [0.25, 0.3) is 11.3 Å². The number of hydroxylamine groups is 1. The van der Waals surface area contributed by atoms with Crippen molar-refractivity contribution in [1.82, 2.24) is 16.0 Å². The van der Waals surface area contributed by atoms with Gasteiger partial charge in [0.25, 0.3) is 5.91 Å². The van der Waals surface area contributed by atoms with E-state index in [1.54, 1.807) is 41.5 Å². The Labute approximate surface area is 159 Å². The number of aromatic nitrogens is 1. The number of carbonyl (C=O) groups excluding carboxylic acids is 1. The molecule has 0 spiro atoms. The summed E-state index contributed by atoms with van der Waals surface area (Å²) in [6.45, 7) is 0.333. The predicted molar refractivity (Wildman–Crippen MR) is 98.0 cm³/mol. The second kappa shape index (κ2) is 7.97. The molecule has 1 aliphatic heterocycles. The Morgan fingerprint density at radius 1 is 1.36 bits per heavy atom. The molecule has 1 fully saturated rings. The number of nitrogens with zero attached hydrogens (tertiary/aromatic N) is 1. The number of hydrogen-bond donors (Lipinski definition) is 3. The molecule has 25 heavy (non-hydrogen) atoms. The first kappa shape index (κ1) is 18.5. The van der Waals surface area contributed by atoms with E-state index < -0.39 is 11.4 Å². The van der Waals surface area contributed by atoms with Crippen molar-refractivity contribution in [1.29, 1.82) is 0 Å². The second-order valence-corrected chi connectivity index (χ2v) is 7.78. The summed E-state index contributed by atoms with van der Waals surface area (Å²) in [6.07, 6.45) is 1.27. The van der Waals surface area contributed by atoms with E-state index in [2.05, 4.69) is 10.5 Å². The maximum atomic E-state index is 12.1. The molecule has 0 saturated carbocycles. The monoisotopic (exact) mass is 401 g/mol. The van der Waals surface area contributed by atoms with Crippen molar-refractivity contribution in [2.75, 3.05) is 11.5 Å². The van der Waals surface area contributed by atoms with Gasteiger partial charge >= 0.3 is 0 Å². The summed E-state index contributed by atoms with van der Waals surface area (Å²) >= 11 is 14.0. The van der Waals surface area contributed by atoms with Gasteiger partial charge in [-0.2, -0.15) is 11.8 Å². The number of hydrogen-bond acceptors (Lipinski definition) is 6. The maximum absolute atomic E-state index is 12.1. The van der Waals surface area contributed by atoms with Crippen LogP contribution in [0.4, 0.5) is 0 Å². The molecule has 2 aromatic rings. The second-order valence-electron chi connectivity index (χ2n) is 5.77. The SMILES string of the molecule is O=C(NO)C1(NCc2cc(-c3cccc(Cl)c3Cl)on2)CCSCC1. The molecule has 1 aromatic heterocycles. The number of nitrogens with one attached hydrogen (secondary N) is 2. The Kier molecular flexibility index (Phi) is 5.91. The Hall–Kier alpha value is -1.25. The van der Waals surface area contributed by atoms with Crippen molar-refractivity contribution in [3.63, 3.8) is 0 Å². The zero-order chi connectivity index (χ0) is 17.9. The number of thioether (sulfide) groups is 1. The van der Waals surface area contributed by atoms with E-state index >= 15 is 0 Å². The first-order valence-electron chi connectivity index (χ1n) is 7.73. The van der Waals surface area contributed by atoms with E-state index in [9.17, 15) is 4.79 Å². The Morgan fingerprint density at radius 3 is 2.84 bits per heavy atom. The largest absolute Gasteiger partial charge is 0.356 e. The molecule has 9 heteroatoms. The maximum Gasteiger partial charge on any atom is 0.263 e. The number of carbonyl (C=O) groups is 1. The van der Waals surface area contributed by atoms with Crippen molar-refractivity contribution >= 4 is 40.9 Å². The highest BCUT2D eigenvalue weighted by Crippen LogP contribution is 2.34. The summed E-state index contributed by atoms with van der Waals surface area (Å²) in [5.74, 6) is 1.78. The molecule has 2 heterocycles. The van der Waals surface area contributed by atoms with Gasteiger partial charge in [0.1, 0.15) is 5.54 Å². The van der Waals surface area contributed by atoms with Gasteiger partial charge in [-0.1, -0.05) is 34.4 Å². The lowest BCUT2D eigenvalue weighted by molar-refractivity contribution is -0.136. The summed E-state index contributed by atoms with van der Waals surface area (Å²) in [5, 5.41) is 17.1. The quantitative estimate of drug-likeness (QED) is 0.524. The van der Waals surface area contributed by atoms with Crippen molar-refractivity contribution in [2.45, 2.75) is 24.9 Å². The van der Waals surface area contributed by atoms with E-state index in [0.717, 1.165) is 11.5 Å². The molecule has 0 unspecified atom stereocenters. The highest BCUT2D eigenvalue weighted by molar-refractivity contribution is 7.99. The van der Waals surface area contributed by atoms with Crippen LogP contribution in [0, 0.1) is 0 Å². The Bertz CT molecular complexity index is 763. The molecular formula is C16H17Cl2N3O3S. The van der Waals surface area contributed by atoms with Crippen LogP contribution in [-0.4, -0.2) is 33.3 Å². The lowest BCUT2D eigenvalue weighted by Crippen LogP contribution is -2.58. The molecule has 0 atom stereocenters. The summed E-state index contributed by atoms with van der Waals surface area (Å²) in [6, 6.07) is 7.03. The van der Waals surface area contributed by atoms with Gasteiger partial charge in [-0.25, -0.2) is 5.48 Å². The van der Waals surface area contributed by atoms with Gasteiger partial charge in [-0.05, 0) is 36.5 Å². The van der Waals surface area contributed by atoms with E-state index in [1.807, 2.05) is 0 Å². The fourth-order valence-electron chi connectivity index (χ4n) is 2.79. The molecule has 134 valence electrons. The zero-order valence-electron chi connectivity index (χ0n) is 13.2. The van der Waals surface area contributed by atoms with E-state index in [4.69, 9.17) is 32.9 Å². The van der Waals surface area contributed by atoms with Crippen LogP contribution in [0.5, 0.6) is 0 Å². The van der Waals surface area contributed by atoms with E-state index in [-0.39, 0.29) is 0 Å². The van der Waals surface area contributed by atoms with Crippen LogP contribution in [0.2, 0.25) is 10.0 Å². The standard InChI is InChI=1S/C16H17Cl2N3O3S/c17-12-3-1-2-11(14(12)18)13-8-10(21-24-13)9-19-16(15(22)20-23)4-6-25-7-5-16/h1-3,8,19,23H,4-7,9H2,(H,20,22). The number of rotatable bonds is 5. The van der Waals surface area contributed by atoms with Crippen LogP contribution in [0.15, 0.2) is 28.8 Å². The average molecular weight is 402 g/mol. The highest BCUT2D eigenvalue weighted by Gasteiger charge is 2.39. The van der Waals surface area contributed by atoms with E-state index in [0.29, 0.717) is 46.4 Å². The van der Waals surface area contributed by atoms with Crippen molar-refractivity contribution in [3.8, 4) is 11.3 Å². The number of benzene rings is 1. The topological polar surface area (TPSA) is 87.4 Å². The fraction of sp³-hybridized carbons (Fsp3) is 0.375. The third-order valence-corrected chi connectivity index (χ3v) is 6.07. The van der Waals surface area contributed by atoms with Crippen LogP contribution in [0.1, 0.15) is 18.5 Å². The summed E-state index contributed by atoms with van der Waals surface area (Å²) < 4.78 is 5.36. The minimum atomic E-state index is -0.799. The fourth-order valence-corrected chi connectivity index (χ4v) is 4.37. The Morgan fingerprint density at radius 2 is 2.12 bits per heavy atom. The van der Waals surface area contributed by atoms with Crippen molar-refractivity contribution in [3.05, 3.63) is 40.0 Å². The minimum Gasteiger partial charge on any atom is -0.356 e. The van der Waals surface area contributed by atoms with Gasteiger partial charge in [-0.15, -0.1) is 0 Å². The number of amides is 1. The lowest BCUT2D eigenvalue weighted by Gasteiger charge is -2.35. The molecule has 1 saturated heterocycles. The third kappa shape index (κ3) is 3.96. The highest BCUT2D eigenvalue weighted by atomic mass is 35.5. The van der Waals surface area contributed by atoms with Crippen LogP contribution < -0.4 is 10.8 Å². The summed E-state index contributed by atoms with van der Waals surface area (Å²) in [5.41, 5.74) is 2.26. The molecule has 6 nitrogen and oxygen atoms in total. The van der Waals surface area contributed by atoms with Gasteiger partial charge in [0.15, 0.2) is 5.76 Å². The van der Waals surface area contributed by atoms with Gasteiger partial charge < -0.3 is 4.52 Å². The average Bonchev–Trinajstić information content (AvgIpc) is 3.11. The normalized spacial score (nSPS) is 16.6. The van der Waals surface area contributed by atoms with Crippen LogP contribution >= 0.6 is 35.0 Å². The minimum absolute atomic E-state index is 0.333. The molecule has 3 rings (SSSR count). The summed E-state index contributed by atoms with van der Waals surface area (Å²) in [4.78, 5) is 12.1. The van der Waals surface area contributed by atoms with Crippen LogP contribution in [-0.2, 0) is 11.3 Å². The van der Waals surface area contributed by atoms with Crippen molar-refractivity contribution < 1.29 is 14.5 Å². The smallest absolute Gasteiger partial charge is 0.263 e. The predicted octanol–water partition coefficient (Wildman–Crippen LogP) is 3.51. The summed E-state index contributed by atoms with van der Waals surface area (Å²) in [7, 11) is 0. The molecule has 0 radical (unpaired) electrons. The zero-order valence-corrected chi connectivity index (χ0v) is 15.5. The molecule has 1 amide bonds. The lowest BCUT2D eigenvalue weighted by atomic mass is 9.91. The molecule has 1 aliphatic rings. The third-order valence-electron chi connectivity index (χ3n) is 4.27. The molecular weight excluding hydrogens is 385 g/mol. The molecule has 0 bridgehead atoms. The molecule has 1 aromatic carbocycles. The first-order chi connectivity index (χ1) is 12.1. The first-order valence-corrected chi connectivity index (χ1v) is 9.64. The van der Waals surface area contributed by atoms with Gasteiger partial charge in [0, 0.05) is 18.2 Å². The number of halogens is 2. The van der Waals surface area contributed by atoms with Gasteiger partial charge in [0.2, 0.25) is 0 Å². The van der Waals surface area contributed by atoms with Crippen molar-refractivity contribution in [2.24, 2.45) is 0 Å². The van der Waals surface area contributed by atoms with Gasteiger partial charge in [0.05, 0.1) is 15.7 Å². The van der Waals surface area contributed by atoms with Crippen LogP contribution in [0.3, 0.4) is 0 Å². The Balaban J connectivity index is 1.74. The molecule has 0 aliphatic carbocycles. The van der Waals surface area contributed by atoms with Gasteiger partial charge in [-0.3, -0.25) is 15.3 Å². The van der Waals surface area contributed by atoms with E-state index in [1.165, 1.54) is 0 Å². The molecule has 3 N–H and O–H groups in total.